The number of pyridine rings is 1. The zero-order valence-electron chi connectivity index (χ0n) is 9.81. The van der Waals surface area contributed by atoms with Crippen molar-refractivity contribution in [2.24, 2.45) is 0 Å². The zero-order valence-corrected chi connectivity index (χ0v) is 9.81. The Morgan fingerprint density at radius 2 is 2.21 bits per heavy atom. The fourth-order valence-corrected chi connectivity index (χ4v) is 1.50. The van der Waals surface area contributed by atoms with Crippen LogP contribution in [0.3, 0.4) is 0 Å². The first-order valence-electron chi connectivity index (χ1n) is 5.21. The molecule has 0 aliphatic heterocycles. The number of H-pyrrole nitrogens is 1. The fraction of sp³-hybridized carbons (Fsp3) is 0.400. The van der Waals surface area contributed by atoms with Crippen molar-refractivity contribution in [3.8, 4) is 0 Å². The van der Waals surface area contributed by atoms with Gasteiger partial charge in [0.05, 0.1) is 23.5 Å². The van der Waals surface area contributed by atoms with Gasteiger partial charge in [0.25, 0.3) is 17.7 Å². The summed E-state index contributed by atoms with van der Waals surface area (Å²) in [6.45, 7) is 1.58. The van der Waals surface area contributed by atoms with Crippen molar-refractivity contribution in [2.75, 3.05) is 6.61 Å². The zero-order chi connectivity index (χ0) is 14.6. The van der Waals surface area contributed by atoms with Gasteiger partial charge in [0, 0.05) is 6.20 Å². The summed E-state index contributed by atoms with van der Waals surface area (Å²) in [7, 11) is 0. The number of rotatable bonds is 5. The van der Waals surface area contributed by atoms with Gasteiger partial charge in [-0.3, -0.25) is 19.7 Å². The number of aromatic amines is 1. The quantitative estimate of drug-likeness (QED) is 0.496. The van der Waals surface area contributed by atoms with E-state index in [1.165, 1.54) is 6.92 Å². The van der Waals surface area contributed by atoms with E-state index in [9.17, 15) is 28.5 Å². The molecule has 0 aromatic carbocycles. The molecule has 0 bridgehead atoms. The molecule has 0 amide bonds. The number of nitrogens with zero attached hydrogens (tertiary/aromatic N) is 1. The van der Waals surface area contributed by atoms with Gasteiger partial charge in [-0.05, 0) is 6.92 Å². The van der Waals surface area contributed by atoms with Crippen LogP contribution in [0.15, 0.2) is 11.0 Å². The summed E-state index contributed by atoms with van der Waals surface area (Å²) in [5.74, 6) is -0.808. The third-order valence-corrected chi connectivity index (χ3v) is 2.22. The molecule has 0 atom stereocenters. The van der Waals surface area contributed by atoms with Crippen LogP contribution in [0.4, 0.5) is 14.5 Å². The summed E-state index contributed by atoms with van der Waals surface area (Å²) in [5, 5.41) is 10.8. The number of carbonyl (C=O) groups excluding carboxylic acids is 1. The van der Waals surface area contributed by atoms with Gasteiger partial charge in [0.2, 0.25) is 0 Å². The Morgan fingerprint density at radius 3 is 2.68 bits per heavy atom. The fourth-order valence-electron chi connectivity index (χ4n) is 1.50. The molecule has 0 aliphatic carbocycles. The Labute approximate surface area is 105 Å². The minimum atomic E-state index is -3.31. The largest absolute Gasteiger partial charge is 0.466 e. The monoisotopic (exact) mass is 276 g/mol. The van der Waals surface area contributed by atoms with Crippen molar-refractivity contribution >= 4 is 11.7 Å². The Kier molecular flexibility index (Phi) is 4.67. The highest BCUT2D eigenvalue weighted by Gasteiger charge is 2.30. The predicted octanol–water partition coefficient (Wildman–Crippen LogP) is 1.33. The average Bonchev–Trinajstić information content (AvgIpc) is 2.30. The van der Waals surface area contributed by atoms with Crippen LogP contribution < -0.4 is 5.56 Å². The summed E-state index contributed by atoms with van der Waals surface area (Å²) in [6, 6.07) is 0. The van der Waals surface area contributed by atoms with E-state index in [0.29, 0.717) is 0 Å². The van der Waals surface area contributed by atoms with E-state index in [2.05, 4.69) is 4.74 Å². The molecular weight excluding hydrogens is 266 g/mol. The number of alkyl halides is 2. The lowest BCUT2D eigenvalue weighted by molar-refractivity contribution is -0.387. The number of hydrogen-bond acceptors (Lipinski definition) is 5. The van der Waals surface area contributed by atoms with Crippen molar-refractivity contribution in [3.05, 3.63) is 37.8 Å². The molecule has 7 nitrogen and oxygen atoms in total. The van der Waals surface area contributed by atoms with Crippen LogP contribution in [-0.4, -0.2) is 22.5 Å². The van der Waals surface area contributed by atoms with Gasteiger partial charge in [0.15, 0.2) is 5.56 Å². The van der Waals surface area contributed by atoms with Crippen LogP contribution >= 0.6 is 0 Å². The van der Waals surface area contributed by atoms with Crippen LogP contribution in [0.1, 0.15) is 24.5 Å². The van der Waals surface area contributed by atoms with Crippen LogP contribution in [0.25, 0.3) is 0 Å². The summed E-state index contributed by atoms with van der Waals surface area (Å²) < 4.78 is 29.9. The average molecular weight is 276 g/mol. The minimum Gasteiger partial charge on any atom is -0.466 e. The van der Waals surface area contributed by atoms with Gasteiger partial charge in [0.1, 0.15) is 0 Å². The second kappa shape index (κ2) is 6.03. The van der Waals surface area contributed by atoms with Crippen LogP contribution in [0, 0.1) is 10.1 Å². The van der Waals surface area contributed by atoms with E-state index in [1.54, 1.807) is 0 Å². The maximum Gasteiger partial charge on any atom is 0.310 e. The number of esters is 1. The van der Waals surface area contributed by atoms with Gasteiger partial charge in [-0.25, -0.2) is 8.78 Å². The van der Waals surface area contributed by atoms with E-state index < -0.39 is 40.5 Å². The van der Waals surface area contributed by atoms with Gasteiger partial charge in [-0.2, -0.15) is 0 Å². The van der Waals surface area contributed by atoms with Crippen molar-refractivity contribution in [1.29, 1.82) is 0 Å². The second-order valence-electron chi connectivity index (χ2n) is 3.44. The number of nitro groups is 1. The molecule has 1 aromatic rings. The lowest BCUT2D eigenvalue weighted by atomic mass is 10.1. The highest BCUT2D eigenvalue weighted by molar-refractivity contribution is 5.74. The highest BCUT2D eigenvalue weighted by atomic mass is 19.3. The van der Waals surface area contributed by atoms with Gasteiger partial charge in [-0.15, -0.1) is 0 Å². The molecule has 0 unspecified atom stereocenters. The van der Waals surface area contributed by atoms with Crippen molar-refractivity contribution in [2.45, 2.75) is 19.8 Å². The topological polar surface area (TPSA) is 102 Å². The van der Waals surface area contributed by atoms with Crippen molar-refractivity contribution in [3.63, 3.8) is 0 Å². The molecule has 104 valence electrons. The Hall–Kier alpha value is -2.32. The first-order chi connectivity index (χ1) is 8.88. The predicted molar refractivity (Wildman–Crippen MR) is 59.0 cm³/mol. The number of aromatic nitrogens is 1. The summed E-state index contributed by atoms with van der Waals surface area (Å²) in [5.41, 5.74) is -3.88. The van der Waals surface area contributed by atoms with E-state index in [-0.39, 0.29) is 12.2 Å². The lowest BCUT2D eigenvalue weighted by Gasteiger charge is -2.06. The van der Waals surface area contributed by atoms with Gasteiger partial charge >= 0.3 is 5.97 Å². The van der Waals surface area contributed by atoms with Crippen molar-refractivity contribution in [1.82, 2.24) is 4.98 Å². The number of nitrogens with one attached hydrogen (secondary N) is 1. The number of ether oxygens (including phenoxy) is 1. The van der Waals surface area contributed by atoms with Crippen LogP contribution in [0.2, 0.25) is 0 Å². The molecule has 1 heterocycles. The maximum absolute atomic E-state index is 12.7. The third kappa shape index (κ3) is 3.33. The molecule has 0 saturated carbocycles. The number of hydrogen-bond donors (Lipinski definition) is 1. The molecule has 0 saturated heterocycles. The molecule has 1 aromatic heterocycles. The minimum absolute atomic E-state index is 0.0533. The lowest BCUT2D eigenvalue weighted by Crippen LogP contribution is -2.19. The molecule has 9 heteroatoms. The molecule has 1 N–H and O–H groups in total. The summed E-state index contributed by atoms with van der Waals surface area (Å²) in [6.07, 6.45) is -3.02. The van der Waals surface area contributed by atoms with E-state index in [1.807, 2.05) is 4.98 Å². The van der Waals surface area contributed by atoms with Crippen molar-refractivity contribution < 1.29 is 23.2 Å². The molecule has 0 spiro atoms. The number of carbonyl (C=O) groups is 1. The molecule has 0 aliphatic rings. The maximum atomic E-state index is 12.7. The van der Waals surface area contributed by atoms with Gasteiger partial charge < -0.3 is 9.72 Å². The normalized spacial score (nSPS) is 10.5. The molecular formula is C10H10F2N2O5. The summed E-state index contributed by atoms with van der Waals surface area (Å²) in [4.78, 5) is 34.1. The van der Waals surface area contributed by atoms with E-state index >= 15 is 0 Å². The molecule has 0 radical (unpaired) electrons. The Balaban J connectivity index is 3.33. The van der Waals surface area contributed by atoms with Crippen LogP contribution in [-0.2, 0) is 16.0 Å². The first kappa shape index (κ1) is 14.7. The Morgan fingerprint density at radius 1 is 1.58 bits per heavy atom. The smallest absolute Gasteiger partial charge is 0.310 e. The standard InChI is InChI=1S/C10H10F2N2O5/c1-2-19-6(15)3-5-4-13-10(16)7(9(11)12)8(5)14(17)18/h4,9H,2-3H2,1H3,(H,13,16). The Bertz CT molecular complexity index is 555. The first-order valence-corrected chi connectivity index (χ1v) is 5.21. The molecule has 1 rings (SSSR count). The van der Waals surface area contributed by atoms with E-state index in [0.717, 1.165) is 6.20 Å². The summed E-state index contributed by atoms with van der Waals surface area (Å²) >= 11 is 0. The highest BCUT2D eigenvalue weighted by Crippen LogP contribution is 2.28. The van der Waals surface area contributed by atoms with Gasteiger partial charge in [-0.1, -0.05) is 0 Å². The number of halogens is 2. The molecule has 19 heavy (non-hydrogen) atoms. The third-order valence-electron chi connectivity index (χ3n) is 2.22. The molecule has 0 fully saturated rings. The SMILES string of the molecule is CCOC(=O)Cc1c[nH]c(=O)c(C(F)F)c1[N+](=O)[O-]. The second-order valence-corrected chi connectivity index (χ2v) is 3.44. The van der Waals surface area contributed by atoms with Crippen LogP contribution in [0.5, 0.6) is 0 Å². The van der Waals surface area contributed by atoms with E-state index in [4.69, 9.17) is 0 Å².